The summed E-state index contributed by atoms with van der Waals surface area (Å²) in [6, 6.07) is 0. The summed E-state index contributed by atoms with van der Waals surface area (Å²) < 4.78 is 4.98. The van der Waals surface area contributed by atoms with Crippen molar-refractivity contribution in [3.63, 3.8) is 0 Å². The Bertz CT molecular complexity index is 100. The van der Waals surface area contributed by atoms with Gasteiger partial charge in [-0.05, 0) is 32.1 Å². The summed E-state index contributed by atoms with van der Waals surface area (Å²) in [5.41, 5.74) is 6.22. The number of hydrogen-bond acceptors (Lipinski definition) is 2. The molecule has 0 unspecified atom stereocenters. The van der Waals surface area contributed by atoms with Gasteiger partial charge in [0.1, 0.15) is 0 Å². The minimum atomic E-state index is 0.0771. The first-order valence-corrected chi connectivity index (χ1v) is 4.96. The van der Waals surface area contributed by atoms with Gasteiger partial charge in [0.15, 0.2) is 0 Å². The third-order valence-electron chi connectivity index (χ3n) is 2.68. The standard InChI is InChI=1S/C10H23NO/c1-4-10(11,5-2)8-6-7-9-12-3/h4-9,11H2,1-3H3. The summed E-state index contributed by atoms with van der Waals surface area (Å²) in [6.45, 7) is 5.20. The van der Waals surface area contributed by atoms with Gasteiger partial charge in [0.2, 0.25) is 0 Å². The van der Waals surface area contributed by atoms with Gasteiger partial charge in [-0.25, -0.2) is 0 Å². The van der Waals surface area contributed by atoms with Gasteiger partial charge < -0.3 is 10.5 Å². The van der Waals surface area contributed by atoms with E-state index in [4.69, 9.17) is 10.5 Å². The van der Waals surface area contributed by atoms with Crippen molar-refractivity contribution in [3.05, 3.63) is 0 Å². The third-order valence-corrected chi connectivity index (χ3v) is 2.68. The van der Waals surface area contributed by atoms with E-state index in [1.54, 1.807) is 7.11 Å². The van der Waals surface area contributed by atoms with Crippen LogP contribution in [0.3, 0.4) is 0 Å². The predicted molar refractivity (Wildman–Crippen MR) is 53.2 cm³/mol. The van der Waals surface area contributed by atoms with Crippen LogP contribution in [0.15, 0.2) is 0 Å². The fourth-order valence-corrected chi connectivity index (χ4v) is 1.33. The first kappa shape index (κ1) is 11.9. The van der Waals surface area contributed by atoms with Crippen LogP contribution in [-0.2, 0) is 4.74 Å². The molecule has 0 saturated heterocycles. The molecule has 0 fully saturated rings. The number of methoxy groups -OCH3 is 1. The average Bonchev–Trinajstić information content (AvgIpc) is 2.12. The van der Waals surface area contributed by atoms with E-state index in [9.17, 15) is 0 Å². The number of unbranched alkanes of at least 4 members (excludes halogenated alkanes) is 1. The fraction of sp³-hybridized carbons (Fsp3) is 1.00. The van der Waals surface area contributed by atoms with E-state index in [-0.39, 0.29) is 5.54 Å². The van der Waals surface area contributed by atoms with E-state index in [0.717, 1.165) is 32.3 Å². The summed E-state index contributed by atoms with van der Waals surface area (Å²) in [5.74, 6) is 0. The largest absolute Gasteiger partial charge is 0.385 e. The van der Waals surface area contributed by atoms with Crippen LogP contribution in [0.25, 0.3) is 0 Å². The molecule has 74 valence electrons. The van der Waals surface area contributed by atoms with Gasteiger partial charge in [-0.2, -0.15) is 0 Å². The highest BCUT2D eigenvalue weighted by atomic mass is 16.5. The topological polar surface area (TPSA) is 35.2 Å². The molecule has 0 aliphatic carbocycles. The molecule has 0 spiro atoms. The maximum Gasteiger partial charge on any atom is 0.0462 e. The fourth-order valence-electron chi connectivity index (χ4n) is 1.33. The molecule has 0 radical (unpaired) electrons. The second-order valence-electron chi connectivity index (χ2n) is 3.52. The van der Waals surface area contributed by atoms with E-state index < -0.39 is 0 Å². The molecular formula is C10H23NO. The van der Waals surface area contributed by atoms with Crippen LogP contribution in [0, 0.1) is 0 Å². The molecule has 0 atom stereocenters. The Kier molecular flexibility index (Phi) is 6.39. The lowest BCUT2D eigenvalue weighted by molar-refractivity contribution is 0.188. The molecule has 0 aromatic heterocycles. The van der Waals surface area contributed by atoms with Gasteiger partial charge >= 0.3 is 0 Å². The van der Waals surface area contributed by atoms with Crippen LogP contribution in [-0.4, -0.2) is 19.3 Å². The van der Waals surface area contributed by atoms with Gasteiger partial charge in [-0.1, -0.05) is 13.8 Å². The van der Waals surface area contributed by atoms with E-state index >= 15 is 0 Å². The van der Waals surface area contributed by atoms with Crippen molar-refractivity contribution in [2.45, 2.75) is 51.5 Å². The highest BCUT2D eigenvalue weighted by Gasteiger charge is 2.18. The van der Waals surface area contributed by atoms with Crippen molar-refractivity contribution in [1.82, 2.24) is 0 Å². The van der Waals surface area contributed by atoms with E-state index in [2.05, 4.69) is 13.8 Å². The lowest BCUT2D eigenvalue weighted by Gasteiger charge is -2.26. The number of hydrogen-bond donors (Lipinski definition) is 1. The Morgan fingerprint density at radius 1 is 1.17 bits per heavy atom. The molecular weight excluding hydrogens is 150 g/mol. The van der Waals surface area contributed by atoms with Crippen LogP contribution < -0.4 is 5.73 Å². The minimum absolute atomic E-state index is 0.0771. The molecule has 0 rings (SSSR count). The van der Waals surface area contributed by atoms with Gasteiger partial charge in [0.25, 0.3) is 0 Å². The van der Waals surface area contributed by atoms with E-state index in [1.165, 1.54) is 6.42 Å². The molecule has 0 amide bonds. The molecule has 0 aromatic carbocycles. The van der Waals surface area contributed by atoms with Gasteiger partial charge in [0, 0.05) is 19.3 Å². The van der Waals surface area contributed by atoms with Crippen LogP contribution in [0.5, 0.6) is 0 Å². The highest BCUT2D eigenvalue weighted by Crippen LogP contribution is 2.18. The molecule has 0 aliphatic rings. The first-order valence-electron chi connectivity index (χ1n) is 4.96. The maximum absolute atomic E-state index is 6.14. The molecule has 0 aliphatic heterocycles. The molecule has 0 saturated carbocycles. The highest BCUT2D eigenvalue weighted by molar-refractivity contribution is 4.80. The van der Waals surface area contributed by atoms with Crippen molar-refractivity contribution < 1.29 is 4.74 Å². The van der Waals surface area contributed by atoms with E-state index in [1.807, 2.05) is 0 Å². The molecule has 12 heavy (non-hydrogen) atoms. The third kappa shape index (κ3) is 4.73. The van der Waals surface area contributed by atoms with Gasteiger partial charge in [-0.3, -0.25) is 0 Å². The summed E-state index contributed by atoms with van der Waals surface area (Å²) in [7, 11) is 1.75. The normalized spacial score (nSPS) is 12.0. The predicted octanol–water partition coefficient (Wildman–Crippen LogP) is 2.32. The molecule has 2 heteroatoms. The second kappa shape index (κ2) is 6.44. The molecule has 2 nitrogen and oxygen atoms in total. The van der Waals surface area contributed by atoms with E-state index in [0.29, 0.717) is 0 Å². The summed E-state index contributed by atoms with van der Waals surface area (Å²) in [5, 5.41) is 0. The Balaban J connectivity index is 3.45. The Morgan fingerprint density at radius 2 is 1.75 bits per heavy atom. The average molecular weight is 173 g/mol. The molecule has 0 heterocycles. The lowest BCUT2D eigenvalue weighted by atomic mass is 9.88. The molecule has 0 bridgehead atoms. The Labute approximate surface area is 76.5 Å². The van der Waals surface area contributed by atoms with Gasteiger partial charge in [-0.15, -0.1) is 0 Å². The van der Waals surface area contributed by atoms with Crippen molar-refractivity contribution in [3.8, 4) is 0 Å². The Morgan fingerprint density at radius 3 is 2.17 bits per heavy atom. The quantitative estimate of drug-likeness (QED) is 0.600. The van der Waals surface area contributed by atoms with Crippen LogP contribution >= 0.6 is 0 Å². The minimum Gasteiger partial charge on any atom is -0.385 e. The van der Waals surface area contributed by atoms with Crippen molar-refractivity contribution in [2.24, 2.45) is 5.73 Å². The van der Waals surface area contributed by atoms with Crippen molar-refractivity contribution >= 4 is 0 Å². The summed E-state index contributed by atoms with van der Waals surface area (Å²) in [6.07, 6.45) is 5.61. The number of rotatable bonds is 7. The molecule has 0 aromatic rings. The zero-order valence-electron chi connectivity index (χ0n) is 8.73. The monoisotopic (exact) mass is 173 g/mol. The Hall–Kier alpha value is -0.0800. The van der Waals surface area contributed by atoms with Crippen LogP contribution in [0.1, 0.15) is 46.0 Å². The van der Waals surface area contributed by atoms with Crippen molar-refractivity contribution in [2.75, 3.05) is 13.7 Å². The molecule has 2 N–H and O–H groups in total. The maximum atomic E-state index is 6.14. The SMILES string of the molecule is CCC(N)(CC)CCCCOC. The zero-order valence-corrected chi connectivity index (χ0v) is 8.73. The number of ether oxygens (including phenoxy) is 1. The second-order valence-corrected chi connectivity index (χ2v) is 3.52. The first-order chi connectivity index (χ1) is 5.68. The summed E-state index contributed by atoms with van der Waals surface area (Å²) >= 11 is 0. The lowest BCUT2D eigenvalue weighted by Crippen LogP contribution is -2.38. The van der Waals surface area contributed by atoms with Crippen LogP contribution in [0.4, 0.5) is 0 Å². The summed E-state index contributed by atoms with van der Waals surface area (Å²) in [4.78, 5) is 0. The number of nitrogens with two attached hydrogens (primary N) is 1. The smallest absolute Gasteiger partial charge is 0.0462 e. The van der Waals surface area contributed by atoms with Crippen LogP contribution in [0.2, 0.25) is 0 Å². The van der Waals surface area contributed by atoms with Gasteiger partial charge in [0.05, 0.1) is 0 Å². The van der Waals surface area contributed by atoms with Crippen molar-refractivity contribution in [1.29, 1.82) is 0 Å². The zero-order chi connectivity index (χ0) is 9.45.